The maximum atomic E-state index is 12.6. The minimum atomic E-state index is -0.00282. The Hall–Kier alpha value is -1.42. The number of nitrogens with zero attached hydrogens (tertiary/aromatic N) is 3. The van der Waals surface area contributed by atoms with Crippen molar-refractivity contribution in [2.45, 2.75) is 50.4 Å². The van der Waals surface area contributed by atoms with Crippen LogP contribution in [0.25, 0.3) is 10.2 Å². The average Bonchev–Trinajstić information content (AvgIpc) is 3.49. The van der Waals surface area contributed by atoms with E-state index >= 15 is 0 Å². The SMILES string of the molecule is O=C(CCSCc1nc2sc3c(c2c(=O)[nH]1)CCC3)N1CCN(CC2CCCO2)CC1. The summed E-state index contributed by atoms with van der Waals surface area (Å²) in [7, 11) is 0. The fraction of sp³-hybridized carbons (Fsp3) is 0.682. The molecule has 2 aliphatic heterocycles. The third-order valence-electron chi connectivity index (χ3n) is 6.53. The van der Waals surface area contributed by atoms with Crippen LogP contribution < -0.4 is 5.56 Å². The van der Waals surface area contributed by atoms with E-state index in [4.69, 9.17) is 4.74 Å². The second-order valence-electron chi connectivity index (χ2n) is 8.67. The summed E-state index contributed by atoms with van der Waals surface area (Å²) in [5, 5.41) is 0.806. The van der Waals surface area contributed by atoms with Gasteiger partial charge in [0.1, 0.15) is 10.7 Å². The lowest BCUT2D eigenvalue weighted by Crippen LogP contribution is -2.50. The topological polar surface area (TPSA) is 78.5 Å². The third-order valence-corrected chi connectivity index (χ3v) is 8.69. The number of thiophene rings is 1. The van der Waals surface area contributed by atoms with E-state index in [2.05, 4.69) is 14.9 Å². The molecular weight excluding hydrogens is 432 g/mol. The van der Waals surface area contributed by atoms with Gasteiger partial charge in [-0.2, -0.15) is 11.8 Å². The van der Waals surface area contributed by atoms with E-state index in [0.29, 0.717) is 18.3 Å². The molecule has 9 heteroatoms. The highest BCUT2D eigenvalue weighted by Gasteiger charge is 2.25. The Bertz CT molecular complexity index is 991. The summed E-state index contributed by atoms with van der Waals surface area (Å²) in [5.74, 6) is 2.34. The van der Waals surface area contributed by atoms with Crippen LogP contribution in [0.2, 0.25) is 0 Å². The molecule has 0 spiro atoms. The first-order valence-corrected chi connectivity index (χ1v) is 13.4. The number of nitrogens with one attached hydrogen (secondary N) is 1. The standard InChI is InChI=1S/C22H30N4O3S2/c27-19(26-9-7-25(8-10-26)13-15-3-2-11-29-15)6-12-30-14-18-23-21(28)20-16-4-1-5-17(16)31-22(20)24-18/h15H,1-14H2,(H,23,24,28). The summed E-state index contributed by atoms with van der Waals surface area (Å²) >= 11 is 3.34. The molecule has 1 amide bonds. The van der Waals surface area contributed by atoms with Gasteiger partial charge in [-0.25, -0.2) is 4.98 Å². The van der Waals surface area contributed by atoms with Crippen molar-refractivity contribution in [3.05, 3.63) is 26.6 Å². The molecule has 168 valence electrons. The quantitative estimate of drug-likeness (QED) is 0.637. The zero-order chi connectivity index (χ0) is 21.2. The number of piperazine rings is 1. The molecule has 2 fully saturated rings. The van der Waals surface area contributed by atoms with Crippen LogP contribution in [-0.2, 0) is 28.1 Å². The van der Waals surface area contributed by atoms with Crippen molar-refractivity contribution < 1.29 is 9.53 Å². The van der Waals surface area contributed by atoms with Gasteiger partial charge in [-0.05, 0) is 37.7 Å². The van der Waals surface area contributed by atoms with Gasteiger partial charge in [-0.1, -0.05) is 0 Å². The van der Waals surface area contributed by atoms with Crippen molar-refractivity contribution in [3.63, 3.8) is 0 Å². The van der Waals surface area contributed by atoms with Crippen molar-refractivity contribution >= 4 is 39.2 Å². The van der Waals surface area contributed by atoms with Gasteiger partial charge in [-0.15, -0.1) is 11.3 Å². The van der Waals surface area contributed by atoms with E-state index in [1.54, 1.807) is 23.1 Å². The molecule has 3 aliphatic rings. The maximum Gasteiger partial charge on any atom is 0.259 e. The van der Waals surface area contributed by atoms with Crippen molar-refractivity contribution in [1.82, 2.24) is 19.8 Å². The van der Waals surface area contributed by atoms with Gasteiger partial charge < -0.3 is 14.6 Å². The van der Waals surface area contributed by atoms with Crippen LogP contribution in [0, 0.1) is 0 Å². The molecule has 4 heterocycles. The number of rotatable bonds is 7. The number of aryl methyl sites for hydroxylation is 2. The highest BCUT2D eigenvalue weighted by molar-refractivity contribution is 7.98. The Morgan fingerprint density at radius 1 is 1.23 bits per heavy atom. The number of carbonyl (C=O) groups is 1. The Balaban J connectivity index is 1.06. The summed E-state index contributed by atoms with van der Waals surface area (Å²) in [6.07, 6.45) is 6.48. The molecule has 1 unspecified atom stereocenters. The Kier molecular flexibility index (Phi) is 6.64. The maximum absolute atomic E-state index is 12.6. The summed E-state index contributed by atoms with van der Waals surface area (Å²) in [5.41, 5.74) is 1.21. The van der Waals surface area contributed by atoms with Gasteiger partial charge in [0, 0.05) is 56.4 Å². The lowest BCUT2D eigenvalue weighted by Gasteiger charge is -2.35. The number of thioether (sulfide) groups is 1. The van der Waals surface area contributed by atoms with Crippen LogP contribution in [0.4, 0.5) is 0 Å². The molecule has 7 nitrogen and oxygen atoms in total. The predicted octanol–water partition coefficient (Wildman–Crippen LogP) is 2.42. The van der Waals surface area contributed by atoms with Crippen molar-refractivity contribution in [1.29, 1.82) is 0 Å². The minimum Gasteiger partial charge on any atom is -0.377 e. The number of fused-ring (bicyclic) bond motifs is 3. The number of amides is 1. The summed E-state index contributed by atoms with van der Waals surface area (Å²) in [6.45, 7) is 5.40. The minimum absolute atomic E-state index is 0.00282. The van der Waals surface area contributed by atoms with Gasteiger partial charge in [-0.3, -0.25) is 14.5 Å². The number of hydrogen-bond acceptors (Lipinski definition) is 7. The lowest BCUT2D eigenvalue weighted by molar-refractivity contribution is -0.132. The molecule has 1 aliphatic carbocycles. The van der Waals surface area contributed by atoms with E-state index < -0.39 is 0 Å². The normalized spacial score (nSPS) is 21.8. The molecule has 1 atom stereocenters. The van der Waals surface area contributed by atoms with Crippen LogP contribution in [0.5, 0.6) is 0 Å². The molecule has 0 aromatic carbocycles. The van der Waals surface area contributed by atoms with Crippen LogP contribution in [0.3, 0.4) is 0 Å². The van der Waals surface area contributed by atoms with E-state index in [9.17, 15) is 9.59 Å². The van der Waals surface area contributed by atoms with E-state index in [1.807, 2.05) is 4.90 Å². The zero-order valence-corrected chi connectivity index (χ0v) is 19.5. The second kappa shape index (κ2) is 9.60. The van der Waals surface area contributed by atoms with Crippen LogP contribution in [-0.4, -0.2) is 76.9 Å². The second-order valence-corrected chi connectivity index (χ2v) is 10.9. The molecule has 5 rings (SSSR count). The molecule has 31 heavy (non-hydrogen) atoms. The Morgan fingerprint density at radius 3 is 2.90 bits per heavy atom. The van der Waals surface area contributed by atoms with Gasteiger partial charge in [0.15, 0.2) is 0 Å². The van der Waals surface area contributed by atoms with Gasteiger partial charge in [0.05, 0.1) is 17.2 Å². The Labute approximate surface area is 190 Å². The number of aromatic amines is 1. The first kappa shape index (κ1) is 21.4. The van der Waals surface area contributed by atoms with Crippen LogP contribution >= 0.6 is 23.1 Å². The third kappa shape index (κ3) is 4.84. The fourth-order valence-electron chi connectivity index (χ4n) is 4.86. The number of carbonyl (C=O) groups excluding carboxylic acids is 1. The van der Waals surface area contributed by atoms with E-state index in [-0.39, 0.29) is 11.5 Å². The molecule has 0 saturated carbocycles. The van der Waals surface area contributed by atoms with Crippen LogP contribution in [0.15, 0.2) is 4.79 Å². The van der Waals surface area contributed by atoms with Gasteiger partial charge in [0.2, 0.25) is 5.91 Å². The summed E-state index contributed by atoms with van der Waals surface area (Å²) in [4.78, 5) is 39.4. The lowest BCUT2D eigenvalue weighted by atomic mass is 10.2. The fourth-order valence-corrected chi connectivity index (χ4v) is 6.93. The predicted molar refractivity (Wildman–Crippen MR) is 125 cm³/mol. The number of aromatic nitrogens is 2. The monoisotopic (exact) mass is 462 g/mol. The molecule has 2 aromatic heterocycles. The van der Waals surface area contributed by atoms with Gasteiger partial charge in [0.25, 0.3) is 5.56 Å². The van der Waals surface area contributed by atoms with Crippen molar-refractivity contribution in [2.24, 2.45) is 0 Å². The van der Waals surface area contributed by atoms with E-state index in [0.717, 1.165) is 86.8 Å². The molecular formula is C22H30N4O3S2. The Morgan fingerprint density at radius 2 is 2.10 bits per heavy atom. The molecule has 0 radical (unpaired) electrons. The van der Waals surface area contributed by atoms with Crippen molar-refractivity contribution in [3.8, 4) is 0 Å². The van der Waals surface area contributed by atoms with Crippen molar-refractivity contribution in [2.75, 3.05) is 45.1 Å². The average molecular weight is 463 g/mol. The summed E-state index contributed by atoms with van der Waals surface area (Å²) in [6, 6.07) is 0. The molecule has 2 aromatic rings. The first-order chi connectivity index (χ1) is 15.2. The number of hydrogen-bond donors (Lipinski definition) is 1. The number of ether oxygens (including phenoxy) is 1. The molecule has 1 N–H and O–H groups in total. The highest BCUT2D eigenvalue weighted by atomic mass is 32.2. The molecule has 0 bridgehead atoms. The zero-order valence-electron chi connectivity index (χ0n) is 17.9. The largest absolute Gasteiger partial charge is 0.377 e. The highest BCUT2D eigenvalue weighted by Crippen LogP contribution is 2.34. The molecule has 2 saturated heterocycles. The van der Waals surface area contributed by atoms with Crippen LogP contribution in [0.1, 0.15) is 41.9 Å². The van der Waals surface area contributed by atoms with E-state index in [1.165, 1.54) is 16.9 Å². The number of H-pyrrole nitrogens is 1. The van der Waals surface area contributed by atoms with Gasteiger partial charge >= 0.3 is 0 Å². The summed E-state index contributed by atoms with van der Waals surface area (Å²) < 4.78 is 5.73. The first-order valence-electron chi connectivity index (χ1n) is 11.4. The smallest absolute Gasteiger partial charge is 0.259 e.